The summed E-state index contributed by atoms with van der Waals surface area (Å²) in [7, 11) is 0. The quantitative estimate of drug-likeness (QED) is 0.316. The standard InChI is InChI=1S/C25H17Cl2NO6/c26-15-6-11-18(19(27)12-15)22-21(23(31)14-4-2-1-3-5-14)24(32)25(33)28(22)16-7-9-17(10-8-16)34-13-20(29)30/h1-12,22,31H,13H2,(H,29,30)/p-1. The second-order valence-corrected chi connectivity index (χ2v) is 8.20. The van der Waals surface area contributed by atoms with Crippen molar-refractivity contribution < 1.29 is 29.3 Å². The molecule has 172 valence electrons. The average molecular weight is 497 g/mol. The van der Waals surface area contributed by atoms with Crippen molar-refractivity contribution in [2.24, 2.45) is 0 Å². The summed E-state index contributed by atoms with van der Waals surface area (Å²) in [4.78, 5) is 38.1. The molecule has 0 aliphatic carbocycles. The number of amides is 1. The van der Waals surface area contributed by atoms with E-state index in [1.165, 1.54) is 35.2 Å². The highest BCUT2D eigenvalue weighted by molar-refractivity contribution is 6.52. The summed E-state index contributed by atoms with van der Waals surface area (Å²) < 4.78 is 5.08. The topological polar surface area (TPSA) is 107 Å². The first-order valence-corrected chi connectivity index (χ1v) is 10.8. The zero-order valence-corrected chi connectivity index (χ0v) is 18.9. The number of aliphatic carboxylic acids is 1. The number of anilines is 1. The van der Waals surface area contributed by atoms with Gasteiger partial charge in [-0.2, -0.15) is 0 Å². The van der Waals surface area contributed by atoms with E-state index in [0.29, 0.717) is 21.8 Å². The minimum absolute atomic E-state index is 0.127. The number of aliphatic hydroxyl groups excluding tert-OH is 1. The summed E-state index contributed by atoms with van der Waals surface area (Å²) in [5.41, 5.74) is 0.936. The van der Waals surface area contributed by atoms with Crippen LogP contribution in [0.5, 0.6) is 5.75 Å². The number of halogens is 2. The van der Waals surface area contributed by atoms with Crippen molar-refractivity contribution in [2.75, 3.05) is 11.5 Å². The Morgan fingerprint density at radius 1 is 1.00 bits per heavy atom. The van der Waals surface area contributed by atoms with Crippen LogP contribution in [0.25, 0.3) is 5.76 Å². The van der Waals surface area contributed by atoms with E-state index >= 15 is 0 Å². The van der Waals surface area contributed by atoms with Gasteiger partial charge in [0.05, 0.1) is 17.6 Å². The lowest BCUT2D eigenvalue weighted by Crippen LogP contribution is -2.30. The first-order chi connectivity index (χ1) is 16.3. The summed E-state index contributed by atoms with van der Waals surface area (Å²) in [6.07, 6.45) is 0. The van der Waals surface area contributed by atoms with Gasteiger partial charge in [-0.15, -0.1) is 0 Å². The van der Waals surface area contributed by atoms with Crippen molar-refractivity contribution in [3.8, 4) is 5.75 Å². The molecule has 3 aromatic carbocycles. The molecule has 0 aromatic heterocycles. The Morgan fingerprint density at radius 2 is 1.68 bits per heavy atom. The molecule has 1 atom stereocenters. The molecule has 1 amide bonds. The predicted molar refractivity (Wildman–Crippen MR) is 125 cm³/mol. The molecule has 9 heteroatoms. The molecule has 1 fully saturated rings. The molecule has 1 aliphatic rings. The monoisotopic (exact) mass is 496 g/mol. The molecule has 3 aromatic rings. The molecule has 1 aliphatic heterocycles. The molecule has 4 rings (SSSR count). The summed E-state index contributed by atoms with van der Waals surface area (Å²) in [5.74, 6) is -3.24. The first-order valence-electron chi connectivity index (χ1n) is 10.0. The van der Waals surface area contributed by atoms with Crippen LogP contribution in [-0.4, -0.2) is 29.4 Å². The van der Waals surface area contributed by atoms with E-state index < -0.39 is 30.3 Å². The summed E-state index contributed by atoms with van der Waals surface area (Å²) >= 11 is 12.5. The van der Waals surface area contributed by atoms with Crippen molar-refractivity contribution in [1.82, 2.24) is 0 Å². The Labute approximate surface area is 204 Å². The number of hydrogen-bond donors (Lipinski definition) is 1. The van der Waals surface area contributed by atoms with Crippen molar-refractivity contribution in [3.05, 3.63) is 99.5 Å². The Balaban J connectivity index is 1.86. The second-order valence-electron chi connectivity index (χ2n) is 7.36. The minimum Gasteiger partial charge on any atom is -0.546 e. The van der Waals surface area contributed by atoms with Crippen LogP contribution in [0.3, 0.4) is 0 Å². The van der Waals surface area contributed by atoms with Crippen molar-refractivity contribution in [3.63, 3.8) is 0 Å². The molecule has 34 heavy (non-hydrogen) atoms. The minimum atomic E-state index is -1.38. The lowest BCUT2D eigenvalue weighted by molar-refractivity contribution is -0.307. The maximum absolute atomic E-state index is 13.2. The Hall–Kier alpha value is -3.81. The number of Topliss-reactive ketones (excluding diaryl/α,β-unsaturated/α-hetero) is 1. The first kappa shape index (κ1) is 23.4. The van der Waals surface area contributed by atoms with Gasteiger partial charge in [0.2, 0.25) is 0 Å². The zero-order valence-electron chi connectivity index (χ0n) is 17.4. The molecule has 0 bridgehead atoms. The number of benzene rings is 3. The van der Waals surface area contributed by atoms with E-state index in [2.05, 4.69) is 0 Å². The van der Waals surface area contributed by atoms with Gasteiger partial charge >= 0.3 is 0 Å². The van der Waals surface area contributed by atoms with Crippen molar-refractivity contribution >= 4 is 52.3 Å². The van der Waals surface area contributed by atoms with E-state index in [1.54, 1.807) is 42.5 Å². The number of ketones is 1. The lowest BCUT2D eigenvalue weighted by Gasteiger charge is -2.26. The number of aliphatic hydroxyl groups is 1. The summed E-state index contributed by atoms with van der Waals surface area (Å²) in [6, 6.07) is 17.9. The number of rotatable bonds is 6. The molecule has 7 nitrogen and oxygen atoms in total. The number of carbonyl (C=O) groups excluding carboxylic acids is 3. The van der Waals surface area contributed by atoms with Gasteiger partial charge in [-0.25, -0.2) is 0 Å². The predicted octanol–water partition coefficient (Wildman–Crippen LogP) is 3.75. The lowest BCUT2D eigenvalue weighted by atomic mass is 9.95. The largest absolute Gasteiger partial charge is 0.546 e. The third-order valence-electron chi connectivity index (χ3n) is 5.22. The summed E-state index contributed by atoms with van der Waals surface area (Å²) in [6.45, 7) is -0.638. The number of hydrogen-bond acceptors (Lipinski definition) is 6. The fraction of sp³-hybridized carbons (Fsp3) is 0.0800. The number of carbonyl (C=O) groups is 3. The van der Waals surface area contributed by atoms with E-state index in [4.69, 9.17) is 27.9 Å². The molecule has 1 saturated heterocycles. The van der Waals surface area contributed by atoms with Crippen LogP contribution in [-0.2, 0) is 14.4 Å². The second kappa shape index (κ2) is 9.59. The van der Waals surface area contributed by atoms with Gasteiger partial charge in [0.25, 0.3) is 11.7 Å². The van der Waals surface area contributed by atoms with Gasteiger partial charge in [-0.05, 0) is 42.0 Å². The van der Waals surface area contributed by atoms with Gasteiger partial charge in [-0.3, -0.25) is 14.5 Å². The van der Waals surface area contributed by atoms with Crippen LogP contribution in [0.15, 0.2) is 78.4 Å². The van der Waals surface area contributed by atoms with Crippen LogP contribution in [0.2, 0.25) is 10.0 Å². The number of carboxylic acids is 1. The molecule has 0 saturated carbocycles. The Morgan fingerprint density at radius 3 is 2.29 bits per heavy atom. The van der Waals surface area contributed by atoms with Crippen LogP contribution in [0.1, 0.15) is 17.2 Å². The SMILES string of the molecule is O=C([O-])COc1ccc(N2C(=O)C(=O)C(=C(O)c3ccccc3)C2c2ccc(Cl)cc2Cl)cc1. The maximum atomic E-state index is 13.2. The van der Waals surface area contributed by atoms with E-state index in [-0.39, 0.29) is 22.1 Å². The molecule has 1 unspecified atom stereocenters. The summed E-state index contributed by atoms with van der Waals surface area (Å²) in [5, 5.41) is 22.2. The number of nitrogens with zero attached hydrogens (tertiary/aromatic N) is 1. The van der Waals surface area contributed by atoms with E-state index in [1.807, 2.05) is 0 Å². The van der Waals surface area contributed by atoms with E-state index in [0.717, 1.165) is 0 Å². The fourth-order valence-corrected chi connectivity index (χ4v) is 4.22. The van der Waals surface area contributed by atoms with Gasteiger partial charge in [0, 0.05) is 21.3 Å². The third-order valence-corrected chi connectivity index (χ3v) is 5.78. The maximum Gasteiger partial charge on any atom is 0.300 e. The van der Waals surface area contributed by atoms with Gasteiger partial charge in [0.15, 0.2) is 0 Å². The Bertz CT molecular complexity index is 1300. The highest BCUT2D eigenvalue weighted by atomic mass is 35.5. The highest BCUT2D eigenvalue weighted by Crippen LogP contribution is 2.44. The van der Waals surface area contributed by atoms with Crippen LogP contribution in [0, 0.1) is 0 Å². The molecule has 0 spiro atoms. The van der Waals surface area contributed by atoms with Crippen LogP contribution in [0.4, 0.5) is 5.69 Å². The molecular formula is C25H16Cl2NO6-. The van der Waals surface area contributed by atoms with Gasteiger partial charge in [-0.1, -0.05) is 59.6 Å². The fourth-order valence-electron chi connectivity index (χ4n) is 3.71. The normalized spacial score (nSPS) is 17.1. The van der Waals surface area contributed by atoms with Crippen LogP contribution >= 0.6 is 23.2 Å². The van der Waals surface area contributed by atoms with Crippen molar-refractivity contribution in [1.29, 1.82) is 0 Å². The molecule has 1 N–H and O–H groups in total. The molecule has 1 heterocycles. The smallest absolute Gasteiger partial charge is 0.300 e. The highest BCUT2D eigenvalue weighted by Gasteiger charge is 2.47. The van der Waals surface area contributed by atoms with E-state index in [9.17, 15) is 24.6 Å². The average Bonchev–Trinajstić information content (AvgIpc) is 3.08. The molecular weight excluding hydrogens is 481 g/mol. The third kappa shape index (κ3) is 4.48. The number of carboxylic acid groups (broad SMARTS) is 1. The molecule has 0 radical (unpaired) electrons. The zero-order chi connectivity index (χ0) is 24.4. The number of ether oxygens (including phenoxy) is 1. The Kier molecular flexibility index (Phi) is 6.58. The van der Waals surface area contributed by atoms with Gasteiger partial charge in [0.1, 0.15) is 18.1 Å². The van der Waals surface area contributed by atoms with Gasteiger partial charge < -0.3 is 19.7 Å². The van der Waals surface area contributed by atoms with Crippen molar-refractivity contribution in [2.45, 2.75) is 6.04 Å². The van der Waals surface area contributed by atoms with Crippen LogP contribution < -0.4 is 14.7 Å².